The highest BCUT2D eigenvalue weighted by Crippen LogP contribution is 2.31. The molecule has 13 heavy (non-hydrogen) atoms. The number of hydrogen-bond donors (Lipinski definition) is 1. The quantitative estimate of drug-likeness (QED) is 0.781. The third-order valence-electron chi connectivity index (χ3n) is 2.51. The van der Waals surface area contributed by atoms with E-state index in [1.54, 1.807) is 11.3 Å². The van der Waals surface area contributed by atoms with Crippen LogP contribution in [0, 0.1) is 12.8 Å². The van der Waals surface area contributed by atoms with Crippen LogP contribution in [-0.2, 0) is 0 Å². The third-order valence-corrected chi connectivity index (χ3v) is 4.11. The molecule has 3 heteroatoms. The highest BCUT2D eigenvalue weighted by Gasteiger charge is 2.18. The molecule has 0 aromatic carbocycles. The summed E-state index contributed by atoms with van der Waals surface area (Å²) in [5.74, 6) is 0.727. The number of thiocarbonyl (C=S) groups is 1. The van der Waals surface area contributed by atoms with Gasteiger partial charge in [-0.1, -0.05) is 26.1 Å². The van der Waals surface area contributed by atoms with Crippen LogP contribution >= 0.6 is 23.6 Å². The molecule has 1 heterocycles. The first kappa shape index (κ1) is 10.7. The van der Waals surface area contributed by atoms with E-state index >= 15 is 0 Å². The number of aryl methyl sites for hydroxylation is 1. The molecule has 0 fully saturated rings. The summed E-state index contributed by atoms with van der Waals surface area (Å²) in [7, 11) is 0. The van der Waals surface area contributed by atoms with Gasteiger partial charge < -0.3 is 5.73 Å². The zero-order valence-corrected chi connectivity index (χ0v) is 9.84. The molecule has 1 nitrogen and oxygen atoms in total. The van der Waals surface area contributed by atoms with Gasteiger partial charge in [-0.15, -0.1) is 11.3 Å². The van der Waals surface area contributed by atoms with Gasteiger partial charge in [0.1, 0.15) is 0 Å². The summed E-state index contributed by atoms with van der Waals surface area (Å²) < 4.78 is 0. The highest BCUT2D eigenvalue weighted by molar-refractivity contribution is 7.80. The number of nitrogens with two attached hydrogens (primary N) is 1. The fraction of sp³-hybridized carbons (Fsp3) is 0.500. The number of thiophene rings is 1. The molecule has 0 radical (unpaired) electrons. The predicted molar refractivity (Wildman–Crippen MR) is 63.4 cm³/mol. The first-order valence-corrected chi connectivity index (χ1v) is 5.66. The molecule has 0 bridgehead atoms. The van der Waals surface area contributed by atoms with Crippen molar-refractivity contribution in [2.75, 3.05) is 0 Å². The molecule has 0 aliphatic carbocycles. The van der Waals surface area contributed by atoms with Gasteiger partial charge in [-0.05, 0) is 29.9 Å². The van der Waals surface area contributed by atoms with Crippen LogP contribution in [0.2, 0.25) is 0 Å². The molecular formula is C10H15NS2. The van der Waals surface area contributed by atoms with E-state index in [1.807, 2.05) is 0 Å². The average molecular weight is 213 g/mol. The van der Waals surface area contributed by atoms with Crippen LogP contribution in [-0.4, -0.2) is 4.99 Å². The Kier molecular flexibility index (Phi) is 3.45. The van der Waals surface area contributed by atoms with E-state index in [2.05, 4.69) is 32.2 Å². The Morgan fingerprint density at radius 1 is 1.54 bits per heavy atom. The van der Waals surface area contributed by atoms with E-state index in [1.165, 1.54) is 10.4 Å². The van der Waals surface area contributed by atoms with Gasteiger partial charge in [0.2, 0.25) is 0 Å². The summed E-state index contributed by atoms with van der Waals surface area (Å²) in [5.41, 5.74) is 6.98. The SMILES string of the molecule is Cc1ccsc1C(C)C(C)C(N)=S. The zero-order valence-electron chi connectivity index (χ0n) is 8.20. The molecule has 2 N–H and O–H groups in total. The fourth-order valence-electron chi connectivity index (χ4n) is 1.32. The highest BCUT2D eigenvalue weighted by atomic mass is 32.1. The Morgan fingerprint density at radius 2 is 2.15 bits per heavy atom. The van der Waals surface area contributed by atoms with E-state index < -0.39 is 0 Å². The van der Waals surface area contributed by atoms with E-state index in [9.17, 15) is 0 Å². The van der Waals surface area contributed by atoms with Gasteiger partial charge in [0.15, 0.2) is 0 Å². The minimum atomic E-state index is 0.285. The summed E-state index contributed by atoms with van der Waals surface area (Å²) in [4.78, 5) is 2.01. The molecule has 1 rings (SSSR count). The lowest BCUT2D eigenvalue weighted by Crippen LogP contribution is -2.22. The summed E-state index contributed by atoms with van der Waals surface area (Å²) in [6.45, 7) is 6.41. The second-order valence-corrected chi connectivity index (χ2v) is 4.87. The monoisotopic (exact) mass is 213 g/mol. The van der Waals surface area contributed by atoms with Crippen molar-refractivity contribution >= 4 is 28.5 Å². The molecule has 0 saturated carbocycles. The second-order valence-electron chi connectivity index (χ2n) is 3.45. The van der Waals surface area contributed by atoms with E-state index in [0.29, 0.717) is 10.9 Å². The van der Waals surface area contributed by atoms with Crippen molar-refractivity contribution in [1.29, 1.82) is 0 Å². The molecule has 1 aromatic rings. The van der Waals surface area contributed by atoms with Crippen molar-refractivity contribution in [2.24, 2.45) is 11.7 Å². The second kappa shape index (κ2) is 4.20. The lowest BCUT2D eigenvalue weighted by Gasteiger charge is -2.18. The molecule has 2 atom stereocenters. The maximum absolute atomic E-state index is 5.63. The van der Waals surface area contributed by atoms with Gasteiger partial charge in [0, 0.05) is 10.8 Å². The van der Waals surface area contributed by atoms with Crippen LogP contribution < -0.4 is 5.73 Å². The summed E-state index contributed by atoms with van der Waals surface area (Å²) in [6.07, 6.45) is 0. The van der Waals surface area contributed by atoms with Crippen LogP contribution in [0.3, 0.4) is 0 Å². The van der Waals surface area contributed by atoms with Gasteiger partial charge in [0.05, 0.1) is 4.99 Å². The van der Waals surface area contributed by atoms with Crippen LogP contribution in [0.5, 0.6) is 0 Å². The van der Waals surface area contributed by atoms with Gasteiger partial charge in [-0.25, -0.2) is 0 Å². The van der Waals surface area contributed by atoms with Gasteiger partial charge in [-0.3, -0.25) is 0 Å². The average Bonchev–Trinajstić information content (AvgIpc) is 2.48. The zero-order chi connectivity index (χ0) is 10.0. The summed E-state index contributed by atoms with van der Waals surface area (Å²) >= 11 is 6.78. The molecule has 0 saturated heterocycles. The topological polar surface area (TPSA) is 26.0 Å². The lowest BCUT2D eigenvalue weighted by atomic mass is 9.93. The van der Waals surface area contributed by atoms with Crippen LogP contribution in [0.25, 0.3) is 0 Å². The van der Waals surface area contributed by atoms with E-state index in [4.69, 9.17) is 18.0 Å². The summed E-state index contributed by atoms with van der Waals surface area (Å²) in [6, 6.07) is 2.14. The molecule has 0 spiro atoms. The smallest absolute Gasteiger partial charge is 0.0762 e. The molecule has 2 unspecified atom stereocenters. The molecule has 0 amide bonds. The van der Waals surface area contributed by atoms with E-state index in [0.717, 1.165) is 0 Å². The Balaban J connectivity index is 2.85. The fourth-order valence-corrected chi connectivity index (χ4v) is 2.62. The van der Waals surface area contributed by atoms with Crippen molar-refractivity contribution in [3.8, 4) is 0 Å². The van der Waals surface area contributed by atoms with Crippen LogP contribution in [0.4, 0.5) is 0 Å². The van der Waals surface area contributed by atoms with Gasteiger partial charge in [0.25, 0.3) is 0 Å². The van der Waals surface area contributed by atoms with Crippen LogP contribution in [0.1, 0.15) is 30.2 Å². The Bertz CT molecular complexity index is 304. The van der Waals surface area contributed by atoms with Crippen molar-refractivity contribution in [3.05, 3.63) is 21.9 Å². The van der Waals surface area contributed by atoms with Crippen LogP contribution in [0.15, 0.2) is 11.4 Å². The maximum Gasteiger partial charge on any atom is 0.0762 e. The molecule has 0 aliphatic rings. The Labute approximate surface area is 89.0 Å². The van der Waals surface area contributed by atoms with Crippen molar-refractivity contribution in [3.63, 3.8) is 0 Å². The number of rotatable bonds is 3. The molecule has 0 aliphatic heterocycles. The van der Waals surface area contributed by atoms with Gasteiger partial charge in [-0.2, -0.15) is 0 Å². The third kappa shape index (κ3) is 2.29. The lowest BCUT2D eigenvalue weighted by molar-refractivity contribution is 0.634. The van der Waals surface area contributed by atoms with Crippen molar-refractivity contribution in [2.45, 2.75) is 26.7 Å². The minimum Gasteiger partial charge on any atom is -0.393 e. The largest absolute Gasteiger partial charge is 0.393 e. The number of hydrogen-bond acceptors (Lipinski definition) is 2. The first-order chi connectivity index (χ1) is 6.04. The Morgan fingerprint density at radius 3 is 2.54 bits per heavy atom. The normalized spacial score (nSPS) is 15.3. The van der Waals surface area contributed by atoms with Crippen molar-refractivity contribution < 1.29 is 0 Å². The standard InChI is InChI=1S/C10H15NS2/c1-6-4-5-13-9(6)7(2)8(3)10(11)12/h4-5,7-8H,1-3H3,(H2,11,12). The summed E-state index contributed by atoms with van der Waals surface area (Å²) in [5, 5.41) is 2.12. The van der Waals surface area contributed by atoms with Gasteiger partial charge >= 0.3 is 0 Å². The van der Waals surface area contributed by atoms with Crippen molar-refractivity contribution in [1.82, 2.24) is 0 Å². The molecule has 1 aromatic heterocycles. The minimum absolute atomic E-state index is 0.285. The molecular weight excluding hydrogens is 198 g/mol. The first-order valence-electron chi connectivity index (χ1n) is 4.37. The molecule has 72 valence electrons. The van der Waals surface area contributed by atoms with E-state index in [-0.39, 0.29) is 5.92 Å². The Hall–Kier alpha value is -0.410. The predicted octanol–water partition coefficient (Wildman–Crippen LogP) is 3.08. The maximum atomic E-state index is 5.63.